The lowest BCUT2D eigenvalue weighted by Gasteiger charge is -2.17. The molecule has 2 nitrogen and oxygen atoms in total. The van der Waals surface area contributed by atoms with Crippen molar-refractivity contribution in [3.63, 3.8) is 0 Å². The van der Waals surface area contributed by atoms with Crippen molar-refractivity contribution in [1.29, 1.82) is 0 Å². The van der Waals surface area contributed by atoms with Crippen LogP contribution in [0.4, 0.5) is 0 Å². The van der Waals surface area contributed by atoms with Gasteiger partial charge in [-0.05, 0) is 104 Å². The van der Waals surface area contributed by atoms with Crippen molar-refractivity contribution in [3.05, 3.63) is 206 Å². The molecular formula is C56H34N2. The van der Waals surface area contributed by atoms with Gasteiger partial charge in [0.05, 0.1) is 27.8 Å². The minimum Gasteiger partial charge on any atom is -0.309 e. The molecule has 0 aliphatic heterocycles. The molecule has 0 bridgehead atoms. The summed E-state index contributed by atoms with van der Waals surface area (Å²) in [7, 11) is 0. The van der Waals surface area contributed by atoms with Crippen LogP contribution in [0.3, 0.4) is 0 Å². The summed E-state index contributed by atoms with van der Waals surface area (Å²) in [6, 6.07) is 76.2. The summed E-state index contributed by atoms with van der Waals surface area (Å²) < 4.78 is 4.91. The van der Waals surface area contributed by atoms with Crippen LogP contribution in [0.15, 0.2) is 206 Å². The average molecular weight is 735 g/mol. The summed E-state index contributed by atoms with van der Waals surface area (Å²) in [5.74, 6) is 0. The van der Waals surface area contributed by atoms with Gasteiger partial charge in [0.2, 0.25) is 0 Å². The fraction of sp³-hybridized carbons (Fsp3) is 0. The lowest BCUT2D eigenvalue weighted by atomic mass is 9.93. The Hall–Kier alpha value is -7.68. The van der Waals surface area contributed by atoms with Crippen LogP contribution >= 0.6 is 0 Å². The van der Waals surface area contributed by atoms with E-state index in [-0.39, 0.29) is 0 Å². The van der Waals surface area contributed by atoms with E-state index in [1.54, 1.807) is 0 Å². The van der Waals surface area contributed by atoms with Gasteiger partial charge in [0.25, 0.3) is 0 Å². The first-order valence-corrected chi connectivity index (χ1v) is 20.1. The molecule has 0 amide bonds. The maximum absolute atomic E-state index is 2.53. The zero-order valence-corrected chi connectivity index (χ0v) is 31.5. The van der Waals surface area contributed by atoms with Crippen LogP contribution in [0, 0.1) is 0 Å². The van der Waals surface area contributed by atoms with Gasteiger partial charge in [-0.25, -0.2) is 0 Å². The highest BCUT2D eigenvalue weighted by atomic mass is 15.0. The monoisotopic (exact) mass is 734 g/mol. The SMILES string of the molecule is c1ccc(-n2c3ccccc3c3cc(-c4ccc5c(c4)c4ccc6ccccc6c4n5-c4ccccc4-c4ccc5c6c(cccc46)-c4ccccc4-5)ccc32)cc1. The molecule has 0 spiro atoms. The summed E-state index contributed by atoms with van der Waals surface area (Å²) in [4.78, 5) is 0. The molecule has 0 fully saturated rings. The lowest BCUT2D eigenvalue weighted by Crippen LogP contribution is -1.98. The normalized spacial score (nSPS) is 12.1. The molecule has 0 saturated carbocycles. The highest BCUT2D eigenvalue weighted by molar-refractivity contribution is 6.21. The number of para-hydroxylation sites is 3. The van der Waals surface area contributed by atoms with Gasteiger partial charge in [-0.1, -0.05) is 158 Å². The third-order valence-corrected chi connectivity index (χ3v) is 12.7. The van der Waals surface area contributed by atoms with E-state index in [0.717, 1.165) is 0 Å². The van der Waals surface area contributed by atoms with Gasteiger partial charge >= 0.3 is 0 Å². The van der Waals surface area contributed by atoms with E-state index < -0.39 is 0 Å². The Bertz CT molecular complexity index is 3650. The van der Waals surface area contributed by atoms with Gasteiger partial charge in [0.15, 0.2) is 0 Å². The van der Waals surface area contributed by atoms with E-state index in [1.165, 1.54) is 121 Å². The minimum absolute atomic E-state index is 1.17. The van der Waals surface area contributed by atoms with Crippen LogP contribution in [0.1, 0.15) is 0 Å². The van der Waals surface area contributed by atoms with E-state index in [4.69, 9.17) is 0 Å². The van der Waals surface area contributed by atoms with Crippen LogP contribution in [0.2, 0.25) is 0 Å². The summed E-state index contributed by atoms with van der Waals surface area (Å²) in [5, 5.41) is 10.1. The molecule has 12 aromatic rings. The van der Waals surface area contributed by atoms with Gasteiger partial charge < -0.3 is 9.13 Å². The van der Waals surface area contributed by atoms with Gasteiger partial charge in [-0.15, -0.1) is 0 Å². The van der Waals surface area contributed by atoms with E-state index in [1.807, 2.05) is 0 Å². The number of fused-ring (bicyclic) bond motifs is 11. The van der Waals surface area contributed by atoms with Crippen molar-refractivity contribution >= 4 is 65.2 Å². The molecule has 2 heteroatoms. The second-order valence-corrected chi connectivity index (χ2v) is 15.6. The molecule has 0 radical (unpaired) electrons. The quantitative estimate of drug-likeness (QED) is 0.170. The van der Waals surface area contributed by atoms with Gasteiger partial charge in [-0.3, -0.25) is 0 Å². The zero-order chi connectivity index (χ0) is 37.9. The first-order chi connectivity index (χ1) is 28.8. The molecule has 2 aromatic heterocycles. The van der Waals surface area contributed by atoms with E-state index in [2.05, 4.69) is 215 Å². The van der Waals surface area contributed by atoms with Crippen molar-refractivity contribution < 1.29 is 0 Å². The smallest absolute Gasteiger partial charge is 0.0619 e. The molecule has 2 heterocycles. The number of benzene rings is 10. The van der Waals surface area contributed by atoms with Crippen LogP contribution < -0.4 is 0 Å². The molecule has 1 aliphatic carbocycles. The fourth-order valence-electron chi connectivity index (χ4n) is 10.2. The fourth-order valence-corrected chi connectivity index (χ4v) is 10.2. The number of nitrogens with zero attached hydrogens (tertiary/aromatic N) is 2. The molecule has 0 atom stereocenters. The minimum atomic E-state index is 1.17. The molecule has 10 aromatic carbocycles. The molecule has 13 rings (SSSR count). The number of hydrogen-bond donors (Lipinski definition) is 0. The number of rotatable bonds is 4. The molecule has 0 saturated heterocycles. The third kappa shape index (κ3) is 4.32. The Balaban J connectivity index is 1.05. The Kier molecular flexibility index (Phi) is 6.47. The maximum Gasteiger partial charge on any atom is 0.0619 e. The summed E-state index contributed by atoms with van der Waals surface area (Å²) in [6.07, 6.45) is 0. The predicted octanol–water partition coefficient (Wildman–Crippen LogP) is 15.2. The Morgan fingerprint density at radius 2 is 0.845 bits per heavy atom. The topological polar surface area (TPSA) is 9.86 Å². The summed E-state index contributed by atoms with van der Waals surface area (Å²) >= 11 is 0. The maximum atomic E-state index is 2.53. The molecule has 58 heavy (non-hydrogen) atoms. The van der Waals surface area contributed by atoms with Crippen LogP contribution in [0.5, 0.6) is 0 Å². The van der Waals surface area contributed by atoms with Crippen LogP contribution in [0.25, 0.3) is 121 Å². The molecule has 0 unspecified atom stereocenters. The summed E-state index contributed by atoms with van der Waals surface area (Å²) in [5.41, 5.74) is 17.4. The van der Waals surface area contributed by atoms with Crippen LogP contribution in [-0.4, -0.2) is 9.13 Å². The average Bonchev–Trinajstić information content (AvgIpc) is 3.93. The highest BCUT2D eigenvalue weighted by Gasteiger charge is 2.24. The largest absolute Gasteiger partial charge is 0.309 e. The van der Waals surface area contributed by atoms with Crippen molar-refractivity contribution in [2.45, 2.75) is 0 Å². The van der Waals surface area contributed by atoms with Crippen LogP contribution in [-0.2, 0) is 0 Å². The Morgan fingerprint density at radius 1 is 0.276 bits per heavy atom. The Labute approximate surface area is 335 Å². The third-order valence-electron chi connectivity index (χ3n) is 12.7. The van der Waals surface area contributed by atoms with Gasteiger partial charge in [0, 0.05) is 38.2 Å². The van der Waals surface area contributed by atoms with Crippen molar-refractivity contribution in [2.75, 3.05) is 0 Å². The molecule has 0 N–H and O–H groups in total. The molecule has 1 aliphatic rings. The van der Waals surface area contributed by atoms with E-state index in [0.29, 0.717) is 0 Å². The Morgan fingerprint density at radius 3 is 1.66 bits per heavy atom. The number of aromatic nitrogens is 2. The second kappa shape index (κ2) is 11.9. The van der Waals surface area contributed by atoms with E-state index >= 15 is 0 Å². The van der Waals surface area contributed by atoms with Crippen molar-refractivity contribution in [2.24, 2.45) is 0 Å². The first-order valence-electron chi connectivity index (χ1n) is 20.1. The zero-order valence-electron chi connectivity index (χ0n) is 31.5. The standard InChI is InChI=1S/C56H34N2/c1-2-14-38(15-3-1)57-51-23-10-9-20-44(51)49-33-36(26-31-53(49)57)37-27-32-54-50(34-37)48-28-25-35-13-4-5-16-39(35)56(48)58(54)52-24-11-8-19-43(52)42-29-30-47-41-18-7-6-17-40(41)45-21-12-22-46(42)55(45)47/h1-34H. The molecular weight excluding hydrogens is 701 g/mol. The second-order valence-electron chi connectivity index (χ2n) is 15.6. The lowest BCUT2D eigenvalue weighted by molar-refractivity contribution is 1.18. The van der Waals surface area contributed by atoms with E-state index in [9.17, 15) is 0 Å². The number of hydrogen-bond acceptors (Lipinski definition) is 0. The first kappa shape index (κ1) is 31.5. The van der Waals surface area contributed by atoms with Gasteiger partial charge in [0.1, 0.15) is 0 Å². The molecule has 268 valence electrons. The summed E-state index contributed by atoms with van der Waals surface area (Å²) in [6.45, 7) is 0. The van der Waals surface area contributed by atoms with Gasteiger partial charge in [-0.2, -0.15) is 0 Å². The highest BCUT2D eigenvalue weighted by Crippen LogP contribution is 2.50. The van der Waals surface area contributed by atoms with Crippen molar-refractivity contribution in [1.82, 2.24) is 9.13 Å². The predicted molar refractivity (Wildman–Crippen MR) is 245 cm³/mol. The van der Waals surface area contributed by atoms with Crippen molar-refractivity contribution in [3.8, 4) is 55.9 Å².